The number of nitrogens with zero attached hydrogens (tertiary/aromatic N) is 1. The maximum absolute atomic E-state index is 12.9. The number of carbonyl (C=O) groups is 6. The third-order valence-electron chi connectivity index (χ3n) is 9.33. The van der Waals surface area contributed by atoms with Crippen molar-refractivity contribution in [2.24, 2.45) is 0 Å². The molecule has 0 bridgehead atoms. The summed E-state index contributed by atoms with van der Waals surface area (Å²) in [5, 5.41) is 8.48. The molecule has 6 aromatic carbocycles. The Morgan fingerprint density at radius 1 is 0.541 bits per heavy atom. The lowest BCUT2D eigenvalue weighted by Gasteiger charge is -2.11. The van der Waals surface area contributed by atoms with Crippen molar-refractivity contribution >= 4 is 68.7 Å². The minimum atomic E-state index is -0.709. The number of aromatic nitrogens is 1. The van der Waals surface area contributed by atoms with Crippen LogP contribution in [0.1, 0.15) is 82.3 Å². The molecule has 0 aliphatic carbocycles. The molecular formula is C56H57N3O14S. The fraction of sp³-hybridized carbons (Fsp3) is 0.143. The van der Waals surface area contributed by atoms with Crippen molar-refractivity contribution in [1.82, 2.24) is 4.98 Å². The van der Waals surface area contributed by atoms with Crippen molar-refractivity contribution in [3.63, 3.8) is 0 Å². The lowest BCUT2D eigenvalue weighted by Crippen LogP contribution is -2.12. The number of carbonyl (C=O) groups excluding carboxylic acids is 6. The zero-order valence-corrected chi connectivity index (χ0v) is 37.7. The average molecular weight is 1030 g/mol. The number of benzene rings is 6. The van der Waals surface area contributed by atoms with Crippen molar-refractivity contribution in [3.8, 4) is 28.7 Å². The predicted molar refractivity (Wildman–Crippen MR) is 283 cm³/mol. The molecule has 0 saturated heterocycles. The van der Waals surface area contributed by atoms with E-state index >= 15 is 0 Å². The number of fused-ring (bicyclic) bond motifs is 1. The van der Waals surface area contributed by atoms with Gasteiger partial charge in [-0.3, -0.25) is 0 Å². The van der Waals surface area contributed by atoms with Crippen molar-refractivity contribution in [3.05, 3.63) is 198 Å². The first-order valence-corrected chi connectivity index (χ1v) is 21.5. The number of nitrogens with one attached hydrogen (secondary N) is 1. The van der Waals surface area contributed by atoms with Gasteiger partial charge in [-0.15, -0.1) is 0 Å². The van der Waals surface area contributed by atoms with E-state index in [1.54, 1.807) is 12.1 Å². The van der Waals surface area contributed by atoms with Gasteiger partial charge in [0.2, 0.25) is 13.6 Å². The number of rotatable bonds is 19. The third kappa shape index (κ3) is 18.1. The van der Waals surface area contributed by atoms with Crippen LogP contribution < -0.4 is 29.4 Å². The molecule has 3 N–H and O–H groups in total. The minimum absolute atomic E-state index is 0. The highest BCUT2D eigenvalue weighted by atomic mass is 32.1. The second-order valence-corrected chi connectivity index (χ2v) is 15.1. The van der Waals surface area contributed by atoms with Crippen LogP contribution in [-0.2, 0) is 30.2 Å². The van der Waals surface area contributed by atoms with E-state index < -0.39 is 35.8 Å². The highest BCUT2D eigenvalue weighted by molar-refractivity contribution is 7.22. The Kier molecular flexibility index (Phi) is 24.9. The lowest BCUT2D eigenvalue weighted by molar-refractivity contribution is -0.145. The molecule has 1 heterocycles. The van der Waals surface area contributed by atoms with Crippen LogP contribution in [0.15, 0.2) is 165 Å². The topological polar surface area (TPSA) is 239 Å². The molecular weight excluding hydrogens is 971 g/mol. The summed E-state index contributed by atoms with van der Waals surface area (Å²) in [6, 6.07) is 36.2. The summed E-state index contributed by atoms with van der Waals surface area (Å²) in [5.74, 6) is -2.64. The predicted octanol–water partition coefficient (Wildman–Crippen LogP) is 11.3. The van der Waals surface area contributed by atoms with Crippen LogP contribution in [0.25, 0.3) is 10.2 Å². The number of nitrogens with two attached hydrogens (primary N) is 1. The van der Waals surface area contributed by atoms with Crippen LogP contribution in [-0.4, -0.2) is 67.2 Å². The van der Waals surface area contributed by atoms with Crippen LogP contribution in [0.3, 0.4) is 0 Å². The van der Waals surface area contributed by atoms with Gasteiger partial charge in [-0.1, -0.05) is 72.4 Å². The van der Waals surface area contributed by atoms with E-state index in [1.807, 2.05) is 24.3 Å². The second kappa shape index (κ2) is 30.3. The Bertz CT molecular complexity index is 2980. The number of nitrogen functional groups attached to an aromatic ring is 1. The molecule has 0 amide bonds. The van der Waals surface area contributed by atoms with E-state index in [-0.39, 0.29) is 89.4 Å². The summed E-state index contributed by atoms with van der Waals surface area (Å²) >= 11 is 1.52. The van der Waals surface area contributed by atoms with Crippen molar-refractivity contribution in [1.29, 1.82) is 5.41 Å². The molecule has 0 saturated carbocycles. The Hall–Kier alpha value is -9.42. The first-order chi connectivity index (χ1) is 33.9. The number of hydrogen-bond donors (Lipinski definition) is 2. The first kappa shape index (κ1) is 60.7. The fourth-order valence-electron chi connectivity index (χ4n) is 5.81. The summed E-state index contributed by atoms with van der Waals surface area (Å²) in [7, 11) is 0. The van der Waals surface area contributed by atoms with E-state index in [4.69, 9.17) is 49.0 Å². The molecule has 0 radical (unpaired) electrons. The smallest absolute Gasteiger partial charge is 0.343 e. The maximum Gasteiger partial charge on any atom is 0.343 e. The van der Waals surface area contributed by atoms with Crippen molar-refractivity contribution in [2.45, 2.75) is 36.1 Å². The van der Waals surface area contributed by atoms with E-state index in [0.29, 0.717) is 34.2 Å². The van der Waals surface area contributed by atoms with Crippen molar-refractivity contribution in [2.75, 3.05) is 25.9 Å². The monoisotopic (exact) mass is 1030 g/mol. The molecule has 1 aromatic heterocycles. The number of ether oxygens (including phenoxy) is 8. The average Bonchev–Trinajstić information content (AvgIpc) is 3.77. The van der Waals surface area contributed by atoms with Crippen LogP contribution in [0.2, 0.25) is 0 Å². The summed E-state index contributed by atoms with van der Waals surface area (Å²) in [4.78, 5) is 77.1. The number of para-hydroxylation sites is 1. The second-order valence-electron chi connectivity index (χ2n) is 14.0. The van der Waals surface area contributed by atoms with Gasteiger partial charge in [0.15, 0.2) is 5.13 Å². The van der Waals surface area contributed by atoms with Gasteiger partial charge in [-0.25, -0.2) is 33.8 Å². The molecule has 17 nitrogen and oxygen atoms in total. The molecule has 0 fully saturated rings. The minimum Gasteiger partial charge on any atom is -0.462 e. The van der Waals surface area contributed by atoms with Gasteiger partial charge < -0.3 is 49.0 Å². The van der Waals surface area contributed by atoms with Crippen LogP contribution >= 0.6 is 11.3 Å². The number of hydrogen-bond acceptors (Lipinski definition) is 18. The van der Waals surface area contributed by atoms with Crippen molar-refractivity contribution < 1.29 is 66.7 Å². The number of esters is 6. The van der Waals surface area contributed by atoms with Gasteiger partial charge in [0.05, 0.1) is 39.1 Å². The van der Waals surface area contributed by atoms with Gasteiger partial charge in [-0.2, -0.15) is 0 Å². The van der Waals surface area contributed by atoms with E-state index in [9.17, 15) is 28.8 Å². The molecule has 386 valence electrons. The van der Waals surface area contributed by atoms with E-state index in [1.165, 1.54) is 114 Å². The molecule has 0 aliphatic heterocycles. The number of anilines is 1. The van der Waals surface area contributed by atoms with Crippen LogP contribution in [0.5, 0.6) is 28.7 Å². The largest absolute Gasteiger partial charge is 0.462 e. The van der Waals surface area contributed by atoms with Gasteiger partial charge in [-0.05, 0) is 127 Å². The normalized spacial score (nSPS) is 9.68. The molecule has 0 aliphatic rings. The zero-order valence-electron chi connectivity index (χ0n) is 36.9. The third-order valence-corrected chi connectivity index (χ3v) is 10.2. The molecule has 7 rings (SSSR count). The molecule has 0 atom stereocenters. The molecule has 0 unspecified atom stereocenters. The van der Waals surface area contributed by atoms with E-state index in [0.717, 1.165) is 28.6 Å². The van der Waals surface area contributed by atoms with Gasteiger partial charge >= 0.3 is 35.8 Å². The summed E-state index contributed by atoms with van der Waals surface area (Å²) in [6.45, 7) is 5.95. The Morgan fingerprint density at radius 2 is 0.973 bits per heavy atom. The summed E-state index contributed by atoms with van der Waals surface area (Å²) in [5.41, 5.74) is 8.36. The van der Waals surface area contributed by atoms with Gasteiger partial charge in [0.25, 0.3) is 0 Å². The molecule has 18 heteroatoms. The highest BCUT2D eigenvalue weighted by Gasteiger charge is 2.16. The van der Waals surface area contributed by atoms with Gasteiger partial charge in [0.1, 0.15) is 28.7 Å². The fourth-order valence-corrected chi connectivity index (χ4v) is 6.54. The Balaban J connectivity index is 0.00000119. The van der Waals surface area contributed by atoms with E-state index in [2.05, 4.69) is 18.1 Å². The number of thiazole rings is 1. The van der Waals surface area contributed by atoms with Crippen LogP contribution in [0, 0.1) is 5.41 Å². The summed E-state index contributed by atoms with van der Waals surface area (Å²) in [6.07, 6.45) is 3.34. The zero-order chi connectivity index (χ0) is 49.8. The Morgan fingerprint density at radius 3 is 1.42 bits per heavy atom. The van der Waals surface area contributed by atoms with Crippen LogP contribution in [0.4, 0.5) is 5.13 Å². The molecule has 0 spiro atoms. The lowest BCUT2D eigenvalue weighted by atomic mass is 10.1. The molecule has 7 aromatic rings. The Labute approximate surface area is 433 Å². The standard InChI is InChI=1S/C45H35NO14.C7H6N2S.4CH4/c1-3-40(47)56-27-54-35-14-6-31(7-15-35)43(50)58-37-18-10-30(11-19-37)42(49)53-24-23-29-5-22-39(34(25-29)26-46)60-45(52)33-12-20-38(21-13-33)59-44(51)32-8-16-36(17-9-32)55-28-57-41(48)4-2;8-7-9-5-3-1-2-4-6(5)10-7;;;;/h3-22,25-26,46H,1-2,23-24,27-28H2;1-4H,(H2,8,9);4*1H4. The quantitative estimate of drug-likeness (QED) is 0.0191. The first-order valence-electron chi connectivity index (χ1n) is 20.7. The highest BCUT2D eigenvalue weighted by Crippen LogP contribution is 2.24. The maximum atomic E-state index is 12.9. The molecule has 74 heavy (non-hydrogen) atoms. The van der Waals surface area contributed by atoms with Gasteiger partial charge in [0, 0.05) is 30.4 Å². The summed E-state index contributed by atoms with van der Waals surface area (Å²) < 4.78 is 42.9. The SMILES string of the molecule is C.C.C.C.C=CC(=O)OCOc1ccc(C(=O)Oc2ccc(C(=O)OCCc3ccc(OC(=O)c4ccc(OC(=O)c5ccc(OCOC(=O)C=C)cc5)cc4)c(C=N)c3)cc2)cc1.Nc1nc2ccccc2s1.